The van der Waals surface area contributed by atoms with Gasteiger partial charge in [-0.15, -0.1) is 0 Å². The Labute approximate surface area is 121 Å². The maximum absolute atomic E-state index is 10.3. The van der Waals surface area contributed by atoms with Gasteiger partial charge in [0.05, 0.1) is 11.6 Å². The van der Waals surface area contributed by atoms with Crippen LogP contribution in [0.1, 0.15) is 45.9 Å². The molecule has 0 saturated heterocycles. The monoisotopic (exact) mass is 275 g/mol. The fourth-order valence-corrected chi connectivity index (χ4v) is 2.64. The van der Waals surface area contributed by atoms with Gasteiger partial charge in [-0.05, 0) is 38.3 Å². The highest BCUT2D eigenvalue weighted by Crippen LogP contribution is 2.24. The molecule has 3 heteroatoms. The third-order valence-electron chi connectivity index (χ3n) is 3.51. The van der Waals surface area contributed by atoms with Crippen LogP contribution in [0.25, 0.3) is 11.0 Å². The highest BCUT2D eigenvalue weighted by molar-refractivity contribution is 5.77. The summed E-state index contributed by atoms with van der Waals surface area (Å²) >= 11 is 0. The van der Waals surface area contributed by atoms with Crippen molar-refractivity contribution in [1.29, 1.82) is 0 Å². The van der Waals surface area contributed by atoms with Crippen LogP contribution in [-0.4, -0.2) is 17.3 Å². The van der Waals surface area contributed by atoms with Crippen LogP contribution in [-0.2, 0) is 0 Å². The van der Waals surface area contributed by atoms with Gasteiger partial charge in [-0.2, -0.15) is 0 Å². The van der Waals surface area contributed by atoms with Gasteiger partial charge in [0.2, 0.25) is 0 Å². The third kappa shape index (κ3) is 3.84. The third-order valence-corrected chi connectivity index (χ3v) is 3.51. The molecule has 0 fully saturated rings. The number of furan rings is 1. The fraction of sp³-hybridized carbons (Fsp3) is 0.529. The zero-order chi connectivity index (χ0) is 14.8. The van der Waals surface area contributed by atoms with E-state index < -0.39 is 5.60 Å². The van der Waals surface area contributed by atoms with E-state index in [1.807, 2.05) is 31.2 Å². The zero-order valence-corrected chi connectivity index (χ0v) is 12.8. The molecule has 2 N–H and O–H groups in total. The number of para-hydroxylation sites is 1. The Balaban J connectivity index is 1.99. The second kappa shape index (κ2) is 5.98. The lowest BCUT2D eigenvalue weighted by Crippen LogP contribution is -2.39. The SMILES string of the molecule is CC(C)CC(C)(O)CNC(C)c1cc2ccccc2o1. The van der Waals surface area contributed by atoms with E-state index in [-0.39, 0.29) is 6.04 Å². The Morgan fingerprint density at radius 2 is 1.95 bits per heavy atom. The Hall–Kier alpha value is -1.32. The van der Waals surface area contributed by atoms with Gasteiger partial charge >= 0.3 is 0 Å². The van der Waals surface area contributed by atoms with Crippen LogP contribution < -0.4 is 5.32 Å². The van der Waals surface area contributed by atoms with E-state index in [9.17, 15) is 5.11 Å². The molecule has 2 atom stereocenters. The molecule has 0 spiro atoms. The first kappa shape index (κ1) is 15.1. The summed E-state index contributed by atoms with van der Waals surface area (Å²) in [5, 5.41) is 14.8. The lowest BCUT2D eigenvalue weighted by Gasteiger charge is -2.27. The van der Waals surface area contributed by atoms with Crippen LogP contribution in [0.4, 0.5) is 0 Å². The van der Waals surface area contributed by atoms with Crippen molar-refractivity contribution in [2.24, 2.45) is 5.92 Å². The van der Waals surface area contributed by atoms with Crippen molar-refractivity contribution in [1.82, 2.24) is 5.32 Å². The van der Waals surface area contributed by atoms with Gasteiger partial charge in [-0.25, -0.2) is 0 Å². The number of hydrogen-bond acceptors (Lipinski definition) is 3. The zero-order valence-electron chi connectivity index (χ0n) is 12.8. The minimum Gasteiger partial charge on any atom is -0.459 e. The minimum atomic E-state index is -0.686. The summed E-state index contributed by atoms with van der Waals surface area (Å²) in [4.78, 5) is 0. The maximum atomic E-state index is 10.3. The van der Waals surface area contributed by atoms with E-state index in [0.29, 0.717) is 12.5 Å². The summed E-state index contributed by atoms with van der Waals surface area (Å²) in [6, 6.07) is 10.1. The first-order valence-corrected chi connectivity index (χ1v) is 7.31. The molecule has 20 heavy (non-hydrogen) atoms. The summed E-state index contributed by atoms with van der Waals surface area (Å²) in [6.45, 7) is 8.74. The summed E-state index contributed by atoms with van der Waals surface area (Å²) in [5.41, 5.74) is 0.221. The fourth-order valence-electron chi connectivity index (χ4n) is 2.64. The largest absolute Gasteiger partial charge is 0.459 e. The van der Waals surface area contributed by atoms with Gasteiger partial charge in [-0.1, -0.05) is 32.0 Å². The van der Waals surface area contributed by atoms with Crippen LogP contribution in [0.15, 0.2) is 34.7 Å². The van der Waals surface area contributed by atoms with Crippen LogP contribution in [0.3, 0.4) is 0 Å². The predicted molar refractivity (Wildman–Crippen MR) is 82.7 cm³/mol. The number of fused-ring (bicyclic) bond motifs is 1. The maximum Gasteiger partial charge on any atom is 0.134 e. The molecule has 2 rings (SSSR count). The smallest absolute Gasteiger partial charge is 0.134 e. The van der Waals surface area contributed by atoms with E-state index in [2.05, 4.69) is 32.2 Å². The lowest BCUT2D eigenvalue weighted by molar-refractivity contribution is 0.0358. The van der Waals surface area contributed by atoms with Gasteiger partial charge in [0, 0.05) is 11.9 Å². The summed E-state index contributed by atoms with van der Waals surface area (Å²) < 4.78 is 5.83. The van der Waals surface area contributed by atoms with E-state index in [4.69, 9.17) is 4.42 Å². The number of hydrogen-bond donors (Lipinski definition) is 2. The van der Waals surface area contributed by atoms with Crippen LogP contribution in [0.5, 0.6) is 0 Å². The van der Waals surface area contributed by atoms with Gasteiger partial charge in [0.25, 0.3) is 0 Å². The average molecular weight is 275 g/mol. The first-order valence-electron chi connectivity index (χ1n) is 7.31. The molecule has 0 bridgehead atoms. The quantitative estimate of drug-likeness (QED) is 0.841. The van der Waals surface area contributed by atoms with Crippen molar-refractivity contribution < 1.29 is 9.52 Å². The number of benzene rings is 1. The number of aliphatic hydroxyl groups is 1. The minimum absolute atomic E-state index is 0.0843. The number of nitrogens with one attached hydrogen (secondary N) is 1. The normalized spacial score (nSPS) is 16.5. The molecule has 0 aliphatic heterocycles. The van der Waals surface area contributed by atoms with Crippen molar-refractivity contribution in [2.75, 3.05) is 6.54 Å². The molecule has 2 unspecified atom stereocenters. The second-order valence-electron chi connectivity index (χ2n) is 6.38. The summed E-state index contributed by atoms with van der Waals surface area (Å²) in [7, 11) is 0. The van der Waals surface area contributed by atoms with E-state index >= 15 is 0 Å². The molecule has 110 valence electrons. The Kier molecular flexibility index (Phi) is 4.51. The molecular weight excluding hydrogens is 250 g/mol. The highest BCUT2D eigenvalue weighted by Gasteiger charge is 2.23. The molecular formula is C17H25NO2. The Bertz CT molecular complexity index is 524. The molecule has 1 aromatic heterocycles. The summed E-state index contributed by atoms with van der Waals surface area (Å²) in [5.74, 6) is 1.39. The molecule has 1 heterocycles. The Morgan fingerprint density at radius 3 is 2.60 bits per heavy atom. The topological polar surface area (TPSA) is 45.4 Å². The first-order chi connectivity index (χ1) is 9.37. The van der Waals surface area contributed by atoms with E-state index in [1.165, 1.54) is 0 Å². The van der Waals surface area contributed by atoms with Crippen molar-refractivity contribution in [3.05, 3.63) is 36.1 Å². The summed E-state index contributed by atoms with van der Waals surface area (Å²) in [6.07, 6.45) is 0.785. The van der Waals surface area contributed by atoms with Crippen molar-refractivity contribution >= 4 is 11.0 Å². The predicted octanol–water partition coefficient (Wildman–Crippen LogP) is 3.88. The molecule has 0 radical (unpaired) electrons. The van der Waals surface area contributed by atoms with Crippen molar-refractivity contribution in [3.63, 3.8) is 0 Å². The van der Waals surface area contributed by atoms with Gasteiger partial charge in [-0.3, -0.25) is 0 Å². The average Bonchev–Trinajstić information content (AvgIpc) is 2.78. The molecule has 1 aromatic carbocycles. The molecule has 0 saturated carbocycles. The molecule has 0 aliphatic rings. The molecule has 0 amide bonds. The number of rotatable bonds is 6. The van der Waals surface area contributed by atoms with Crippen LogP contribution in [0, 0.1) is 5.92 Å². The molecule has 2 aromatic rings. The van der Waals surface area contributed by atoms with Crippen LogP contribution >= 0.6 is 0 Å². The van der Waals surface area contributed by atoms with Crippen molar-refractivity contribution in [2.45, 2.75) is 45.8 Å². The van der Waals surface area contributed by atoms with Gasteiger partial charge in [0.1, 0.15) is 11.3 Å². The lowest BCUT2D eigenvalue weighted by atomic mass is 9.94. The van der Waals surface area contributed by atoms with E-state index in [0.717, 1.165) is 23.2 Å². The van der Waals surface area contributed by atoms with Gasteiger partial charge in [0.15, 0.2) is 0 Å². The highest BCUT2D eigenvalue weighted by atomic mass is 16.3. The standard InChI is InChI=1S/C17H25NO2/c1-12(2)10-17(4,19)11-18-13(3)16-9-14-7-5-6-8-15(14)20-16/h5-9,12-13,18-19H,10-11H2,1-4H3. The van der Waals surface area contributed by atoms with E-state index in [1.54, 1.807) is 0 Å². The van der Waals surface area contributed by atoms with Crippen LogP contribution in [0.2, 0.25) is 0 Å². The second-order valence-corrected chi connectivity index (χ2v) is 6.38. The Morgan fingerprint density at radius 1 is 1.25 bits per heavy atom. The molecule has 0 aliphatic carbocycles. The van der Waals surface area contributed by atoms with Gasteiger partial charge < -0.3 is 14.8 Å². The molecule has 3 nitrogen and oxygen atoms in total. The van der Waals surface area contributed by atoms with Crippen molar-refractivity contribution in [3.8, 4) is 0 Å².